The molecule has 0 amide bonds. The molecule has 2 aromatic heterocycles. The number of carbonyl (C=O) groups excluding carboxylic acids is 1. The number of aryl methyl sites for hydroxylation is 1. The fraction of sp³-hybridized carbons (Fsp3) is 0.419. The van der Waals surface area contributed by atoms with Crippen LogP contribution in [0, 0.1) is 0 Å². The van der Waals surface area contributed by atoms with Crippen molar-refractivity contribution in [2.24, 2.45) is 0 Å². The molecule has 0 radical (unpaired) electrons. The van der Waals surface area contributed by atoms with Crippen molar-refractivity contribution in [3.8, 4) is 23.0 Å². The summed E-state index contributed by atoms with van der Waals surface area (Å²) in [6, 6.07) is 11.1. The molecule has 2 unspecified atom stereocenters. The number of carbonyl (C=O) groups is 1. The first-order chi connectivity index (χ1) is 21.3. The molecule has 5 rings (SSSR count). The summed E-state index contributed by atoms with van der Waals surface area (Å²) in [5.74, 6) is 2.51. The molecule has 3 heterocycles. The van der Waals surface area contributed by atoms with E-state index in [4.69, 9.17) is 28.4 Å². The Hall–Kier alpha value is -4.62. The summed E-state index contributed by atoms with van der Waals surface area (Å²) in [4.78, 5) is 25.8. The molecule has 234 valence electrons. The zero-order valence-electron chi connectivity index (χ0n) is 25.4. The SMILES string of the molecule is COc1ccc(CCC(=O)OC[C@H]2O[C@@H](n3cnc4c(NC(C)c5cc(OC)c(OC)c(OC)c5)ncnc43)CC2O)cc1. The van der Waals surface area contributed by atoms with E-state index in [1.165, 1.54) is 6.33 Å². The first-order valence-electron chi connectivity index (χ1n) is 14.2. The second-order valence-electron chi connectivity index (χ2n) is 10.3. The summed E-state index contributed by atoms with van der Waals surface area (Å²) < 4.78 is 34.9. The van der Waals surface area contributed by atoms with Crippen molar-refractivity contribution >= 4 is 23.0 Å². The average Bonchev–Trinajstić information content (AvgIpc) is 3.65. The number of rotatable bonds is 13. The maximum atomic E-state index is 12.4. The molecule has 0 saturated carbocycles. The van der Waals surface area contributed by atoms with Crippen molar-refractivity contribution in [1.29, 1.82) is 0 Å². The van der Waals surface area contributed by atoms with Gasteiger partial charge in [0.25, 0.3) is 0 Å². The molecule has 44 heavy (non-hydrogen) atoms. The number of esters is 1. The van der Waals surface area contributed by atoms with Crippen LogP contribution < -0.4 is 24.3 Å². The zero-order valence-corrected chi connectivity index (χ0v) is 25.4. The van der Waals surface area contributed by atoms with Crippen LogP contribution in [0.2, 0.25) is 0 Å². The quantitative estimate of drug-likeness (QED) is 0.213. The van der Waals surface area contributed by atoms with Crippen molar-refractivity contribution in [2.75, 3.05) is 40.4 Å². The predicted octanol–water partition coefficient (Wildman–Crippen LogP) is 3.86. The lowest BCUT2D eigenvalue weighted by Crippen LogP contribution is -2.28. The number of anilines is 1. The van der Waals surface area contributed by atoms with E-state index >= 15 is 0 Å². The highest BCUT2D eigenvalue weighted by atomic mass is 16.6. The number of hydrogen-bond donors (Lipinski definition) is 2. The Morgan fingerprint density at radius 2 is 1.77 bits per heavy atom. The molecule has 4 atom stereocenters. The minimum absolute atomic E-state index is 0.0557. The molecule has 0 bridgehead atoms. The molecule has 13 nitrogen and oxygen atoms in total. The summed E-state index contributed by atoms with van der Waals surface area (Å²) in [6.07, 6.45) is 2.03. The van der Waals surface area contributed by atoms with E-state index in [0.717, 1.165) is 16.9 Å². The number of benzene rings is 2. The number of aliphatic hydroxyl groups excluding tert-OH is 1. The van der Waals surface area contributed by atoms with Gasteiger partial charge in [0.2, 0.25) is 5.75 Å². The Balaban J connectivity index is 1.22. The molecular weight excluding hydrogens is 570 g/mol. The predicted molar refractivity (Wildman–Crippen MR) is 160 cm³/mol. The fourth-order valence-corrected chi connectivity index (χ4v) is 5.13. The van der Waals surface area contributed by atoms with E-state index in [1.54, 1.807) is 39.3 Å². The minimum atomic E-state index is -0.827. The normalized spacial score (nSPS) is 18.5. The number of hydrogen-bond acceptors (Lipinski definition) is 12. The summed E-state index contributed by atoms with van der Waals surface area (Å²) in [6.45, 7) is 1.92. The van der Waals surface area contributed by atoms with Crippen LogP contribution in [0.4, 0.5) is 5.82 Å². The van der Waals surface area contributed by atoms with Gasteiger partial charge in [-0.2, -0.15) is 0 Å². The number of methoxy groups -OCH3 is 4. The zero-order chi connectivity index (χ0) is 31.2. The van der Waals surface area contributed by atoms with Crippen LogP contribution in [0.25, 0.3) is 11.2 Å². The Labute approximate surface area is 255 Å². The number of ether oxygens (including phenoxy) is 6. The van der Waals surface area contributed by atoms with Gasteiger partial charge in [0, 0.05) is 12.8 Å². The van der Waals surface area contributed by atoms with Crippen molar-refractivity contribution in [3.05, 3.63) is 60.2 Å². The molecule has 2 N–H and O–H groups in total. The third-order valence-electron chi connectivity index (χ3n) is 7.60. The Morgan fingerprint density at radius 3 is 2.43 bits per heavy atom. The van der Waals surface area contributed by atoms with Crippen LogP contribution in [-0.2, 0) is 20.7 Å². The van der Waals surface area contributed by atoms with Crippen molar-refractivity contribution in [3.63, 3.8) is 0 Å². The molecule has 1 fully saturated rings. The summed E-state index contributed by atoms with van der Waals surface area (Å²) >= 11 is 0. The van der Waals surface area contributed by atoms with Gasteiger partial charge in [-0.15, -0.1) is 0 Å². The van der Waals surface area contributed by atoms with Gasteiger partial charge >= 0.3 is 5.97 Å². The third kappa shape index (κ3) is 6.63. The number of nitrogens with one attached hydrogen (secondary N) is 1. The van der Waals surface area contributed by atoms with Gasteiger partial charge in [0.1, 0.15) is 31.0 Å². The van der Waals surface area contributed by atoms with Crippen LogP contribution in [0.3, 0.4) is 0 Å². The second-order valence-corrected chi connectivity index (χ2v) is 10.3. The van der Waals surface area contributed by atoms with Gasteiger partial charge < -0.3 is 38.8 Å². The lowest BCUT2D eigenvalue weighted by atomic mass is 10.1. The monoisotopic (exact) mass is 607 g/mol. The summed E-state index contributed by atoms with van der Waals surface area (Å²) in [5, 5.41) is 14.1. The molecule has 1 aliphatic heterocycles. The number of imidazole rings is 1. The smallest absolute Gasteiger partial charge is 0.306 e. The first-order valence-corrected chi connectivity index (χ1v) is 14.2. The lowest BCUT2D eigenvalue weighted by molar-refractivity contribution is -0.150. The highest BCUT2D eigenvalue weighted by Crippen LogP contribution is 2.40. The van der Waals surface area contributed by atoms with E-state index in [-0.39, 0.29) is 31.5 Å². The fourth-order valence-electron chi connectivity index (χ4n) is 5.13. The minimum Gasteiger partial charge on any atom is -0.497 e. The summed E-state index contributed by atoms with van der Waals surface area (Å²) in [5.41, 5.74) is 2.96. The van der Waals surface area contributed by atoms with Crippen LogP contribution in [-0.4, -0.2) is 77.8 Å². The topological polar surface area (TPSA) is 148 Å². The molecule has 1 saturated heterocycles. The largest absolute Gasteiger partial charge is 0.497 e. The van der Waals surface area contributed by atoms with Gasteiger partial charge in [-0.05, 0) is 48.7 Å². The maximum absolute atomic E-state index is 12.4. The highest BCUT2D eigenvalue weighted by Gasteiger charge is 2.37. The number of nitrogens with zero attached hydrogens (tertiary/aromatic N) is 4. The van der Waals surface area contributed by atoms with E-state index < -0.39 is 18.4 Å². The number of aromatic nitrogens is 4. The van der Waals surface area contributed by atoms with Gasteiger partial charge in [-0.25, -0.2) is 15.0 Å². The van der Waals surface area contributed by atoms with Crippen LogP contribution in [0.5, 0.6) is 23.0 Å². The molecule has 2 aromatic carbocycles. The van der Waals surface area contributed by atoms with Crippen LogP contribution in [0.15, 0.2) is 49.1 Å². The Bertz CT molecular complexity index is 1550. The van der Waals surface area contributed by atoms with E-state index in [1.807, 2.05) is 43.3 Å². The van der Waals surface area contributed by atoms with Crippen molar-refractivity contribution in [1.82, 2.24) is 19.5 Å². The van der Waals surface area contributed by atoms with Gasteiger partial charge in [-0.3, -0.25) is 9.36 Å². The van der Waals surface area contributed by atoms with E-state index in [2.05, 4.69) is 20.3 Å². The molecule has 0 spiro atoms. The molecule has 0 aliphatic carbocycles. The third-order valence-corrected chi connectivity index (χ3v) is 7.60. The molecule has 1 aliphatic rings. The van der Waals surface area contributed by atoms with Gasteiger partial charge in [-0.1, -0.05) is 12.1 Å². The number of aliphatic hydroxyl groups is 1. The maximum Gasteiger partial charge on any atom is 0.306 e. The Kier molecular flexibility index (Phi) is 9.65. The van der Waals surface area contributed by atoms with Crippen LogP contribution in [0.1, 0.15) is 43.2 Å². The standard InChI is InChI=1S/C31H37N5O8/c1-18(20-12-23(40-3)29(42-5)24(13-20)41-4)35-30-28-31(33-16-32-30)36(17-34-28)26-14-22(37)25(44-26)15-43-27(38)11-8-19-6-9-21(39-2)10-7-19/h6-7,9-10,12-13,16-18,22,25-26,37H,8,11,14-15H2,1-5H3,(H,32,33,35)/t18?,22?,25-,26-/m1/s1. The van der Waals surface area contributed by atoms with Crippen LogP contribution >= 0.6 is 0 Å². The number of fused-ring (bicyclic) bond motifs is 1. The first kappa shape index (κ1) is 30.8. The van der Waals surface area contributed by atoms with Gasteiger partial charge in [0.15, 0.2) is 28.5 Å². The summed E-state index contributed by atoms with van der Waals surface area (Å²) in [7, 11) is 6.30. The second kappa shape index (κ2) is 13.8. The van der Waals surface area contributed by atoms with E-state index in [0.29, 0.717) is 40.7 Å². The van der Waals surface area contributed by atoms with Crippen molar-refractivity contribution in [2.45, 2.75) is 50.7 Å². The van der Waals surface area contributed by atoms with Crippen molar-refractivity contribution < 1.29 is 38.3 Å². The highest BCUT2D eigenvalue weighted by molar-refractivity contribution is 5.83. The lowest BCUT2D eigenvalue weighted by Gasteiger charge is -2.19. The molecule has 4 aromatic rings. The molecule has 13 heteroatoms. The Morgan fingerprint density at radius 1 is 1.05 bits per heavy atom. The molecular formula is C31H37N5O8. The van der Waals surface area contributed by atoms with E-state index in [9.17, 15) is 9.90 Å². The average molecular weight is 608 g/mol. The van der Waals surface area contributed by atoms with Gasteiger partial charge in [0.05, 0.1) is 46.9 Å².